The summed E-state index contributed by atoms with van der Waals surface area (Å²) in [4.78, 5) is 3.87. The number of pyridine rings is 1. The van der Waals surface area contributed by atoms with E-state index >= 15 is 0 Å². The van der Waals surface area contributed by atoms with Crippen LogP contribution in [0.25, 0.3) is 0 Å². The molecule has 1 nitrogen and oxygen atoms in total. The number of halogens is 2. The molecule has 0 aliphatic heterocycles. The van der Waals surface area contributed by atoms with Crippen molar-refractivity contribution in [3.63, 3.8) is 0 Å². The van der Waals surface area contributed by atoms with Crippen molar-refractivity contribution >= 4 is 27.5 Å². The number of hydrogen-bond acceptors (Lipinski definition) is 1. The highest BCUT2D eigenvalue weighted by Crippen LogP contribution is 2.17. The van der Waals surface area contributed by atoms with Crippen LogP contribution in [0.3, 0.4) is 0 Å². The van der Waals surface area contributed by atoms with E-state index in [1.807, 2.05) is 0 Å². The molecule has 0 saturated carbocycles. The molecular weight excluding hydrogens is 201 g/mol. The number of nitrogens with zero attached hydrogens (tertiary/aromatic N) is 1. The first-order valence-electron chi connectivity index (χ1n) is 2.37. The molecule has 0 N–H and O–H groups in total. The second kappa shape index (κ2) is 3.18. The van der Waals surface area contributed by atoms with Gasteiger partial charge in [0.1, 0.15) is 0 Å². The standard InChI is InChI=1S/C6H4BrClN/c7-3-5-4-9-2-1-6(5)8/h1-4H. The maximum Gasteiger partial charge on any atom is 0.0592 e. The van der Waals surface area contributed by atoms with E-state index in [0.29, 0.717) is 5.02 Å². The van der Waals surface area contributed by atoms with E-state index in [4.69, 9.17) is 11.6 Å². The van der Waals surface area contributed by atoms with Crippen molar-refractivity contribution in [3.05, 3.63) is 34.4 Å². The van der Waals surface area contributed by atoms with E-state index in [-0.39, 0.29) is 0 Å². The normalized spacial score (nSPS) is 9.56. The molecule has 0 spiro atoms. The average Bonchev–Trinajstić information content (AvgIpc) is 1.89. The van der Waals surface area contributed by atoms with Crippen LogP contribution in [-0.4, -0.2) is 4.98 Å². The molecule has 0 saturated heterocycles. The fourth-order valence-corrected chi connectivity index (χ4v) is 1.13. The molecule has 0 aromatic carbocycles. The van der Waals surface area contributed by atoms with Crippen LogP contribution in [0.1, 0.15) is 5.56 Å². The highest BCUT2D eigenvalue weighted by Gasteiger charge is 1.94. The zero-order valence-electron chi connectivity index (χ0n) is 4.51. The van der Waals surface area contributed by atoms with Crippen LogP contribution in [0.15, 0.2) is 18.5 Å². The van der Waals surface area contributed by atoms with Gasteiger partial charge in [0.25, 0.3) is 0 Å². The molecule has 3 heteroatoms. The Kier molecular flexibility index (Phi) is 2.49. The van der Waals surface area contributed by atoms with Gasteiger partial charge in [-0.15, -0.1) is 0 Å². The van der Waals surface area contributed by atoms with Crippen molar-refractivity contribution in [2.75, 3.05) is 0 Å². The molecular formula is C6H4BrClN. The van der Waals surface area contributed by atoms with Gasteiger partial charge >= 0.3 is 0 Å². The Hall–Kier alpha value is -0.0800. The second-order valence-corrected chi connectivity index (χ2v) is 2.37. The third-order valence-electron chi connectivity index (χ3n) is 0.914. The van der Waals surface area contributed by atoms with Gasteiger partial charge in [-0.3, -0.25) is 4.98 Å². The smallest absolute Gasteiger partial charge is 0.0592 e. The quantitative estimate of drug-likeness (QED) is 0.687. The van der Waals surface area contributed by atoms with E-state index in [1.54, 1.807) is 23.8 Å². The summed E-state index contributed by atoms with van der Waals surface area (Å²) in [5.74, 6) is 0. The van der Waals surface area contributed by atoms with Crippen molar-refractivity contribution in [2.24, 2.45) is 0 Å². The summed E-state index contributed by atoms with van der Waals surface area (Å²) in [5.41, 5.74) is 0.902. The highest BCUT2D eigenvalue weighted by molar-refractivity contribution is 9.10. The highest BCUT2D eigenvalue weighted by atomic mass is 79.9. The summed E-state index contributed by atoms with van der Waals surface area (Å²) in [6.45, 7) is 0. The zero-order valence-corrected chi connectivity index (χ0v) is 6.85. The van der Waals surface area contributed by atoms with Gasteiger partial charge in [-0.1, -0.05) is 27.5 Å². The molecule has 0 aliphatic carbocycles. The minimum atomic E-state index is 0.710. The van der Waals surface area contributed by atoms with Crippen LogP contribution < -0.4 is 0 Å². The maximum absolute atomic E-state index is 5.72. The number of aromatic nitrogens is 1. The topological polar surface area (TPSA) is 12.9 Å². The van der Waals surface area contributed by atoms with Crippen molar-refractivity contribution < 1.29 is 0 Å². The largest absolute Gasteiger partial charge is 0.264 e. The third-order valence-corrected chi connectivity index (χ3v) is 1.75. The average molecular weight is 205 g/mol. The van der Waals surface area contributed by atoms with E-state index in [1.165, 1.54) is 0 Å². The lowest BCUT2D eigenvalue weighted by atomic mass is 10.3. The van der Waals surface area contributed by atoms with Crippen LogP contribution in [0.2, 0.25) is 5.02 Å². The molecule has 1 aromatic rings. The van der Waals surface area contributed by atoms with Gasteiger partial charge in [-0.25, -0.2) is 0 Å². The van der Waals surface area contributed by atoms with Crippen molar-refractivity contribution in [1.29, 1.82) is 0 Å². The minimum Gasteiger partial charge on any atom is -0.264 e. The Morgan fingerprint density at radius 1 is 1.67 bits per heavy atom. The Labute approximate surface area is 67.2 Å². The Balaban J connectivity index is 3.01. The molecule has 1 rings (SSSR count). The number of rotatable bonds is 1. The molecule has 1 aromatic heterocycles. The molecule has 0 unspecified atom stereocenters. The monoisotopic (exact) mass is 204 g/mol. The summed E-state index contributed by atoms with van der Waals surface area (Å²) in [6, 6.07) is 1.74. The van der Waals surface area contributed by atoms with Gasteiger partial charge in [0, 0.05) is 23.0 Å². The molecule has 0 bridgehead atoms. The molecule has 47 valence electrons. The van der Waals surface area contributed by atoms with Gasteiger partial charge < -0.3 is 0 Å². The van der Waals surface area contributed by atoms with E-state index in [2.05, 4.69) is 20.9 Å². The van der Waals surface area contributed by atoms with E-state index in [0.717, 1.165) is 5.56 Å². The maximum atomic E-state index is 5.72. The summed E-state index contributed by atoms with van der Waals surface area (Å²) >= 11 is 8.88. The molecule has 0 aliphatic rings. The molecule has 0 atom stereocenters. The molecule has 1 heterocycles. The van der Waals surface area contributed by atoms with Gasteiger partial charge in [-0.05, 0) is 6.07 Å². The second-order valence-electron chi connectivity index (χ2n) is 1.51. The van der Waals surface area contributed by atoms with Crippen molar-refractivity contribution in [2.45, 2.75) is 0 Å². The minimum absolute atomic E-state index is 0.710. The van der Waals surface area contributed by atoms with Crippen molar-refractivity contribution in [1.82, 2.24) is 4.98 Å². The SMILES string of the molecule is Clc1ccncc1[CH]Br. The Morgan fingerprint density at radius 2 is 2.44 bits per heavy atom. The Bertz CT molecular complexity index is 202. The van der Waals surface area contributed by atoms with Crippen LogP contribution in [0.5, 0.6) is 0 Å². The van der Waals surface area contributed by atoms with Crippen LogP contribution in [-0.2, 0) is 0 Å². The van der Waals surface area contributed by atoms with Gasteiger partial charge in [0.2, 0.25) is 0 Å². The summed E-state index contributed by atoms with van der Waals surface area (Å²) in [7, 11) is 0. The lowest BCUT2D eigenvalue weighted by Gasteiger charge is -1.93. The van der Waals surface area contributed by atoms with Crippen LogP contribution >= 0.6 is 27.5 Å². The summed E-state index contributed by atoms with van der Waals surface area (Å²) in [5, 5.41) is 2.45. The summed E-state index contributed by atoms with van der Waals surface area (Å²) < 4.78 is 0. The van der Waals surface area contributed by atoms with E-state index < -0.39 is 0 Å². The molecule has 0 amide bonds. The fourth-order valence-electron chi connectivity index (χ4n) is 0.470. The van der Waals surface area contributed by atoms with Crippen LogP contribution in [0.4, 0.5) is 0 Å². The summed E-state index contributed by atoms with van der Waals surface area (Å²) in [6.07, 6.45) is 3.35. The fraction of sp³-hybridized carbons (Fsp3) is 0. The van der Waals surface area contributed by atoms with Crippen molar-refractivity contribution in [3.8, 4) is 0 Å². The molecule has 1 radical (unpaired) electrons. The first-order chi connectivity index (χ1) is 4.34. The van der Waals surface area contributed by atoms with Gasteiger partial charge in [0.05, 0.1) is 5.33 Å². The predicted octanol–water partition coefficient (Wildman–Crippen LogP) is 2.64. The third kappa shape index (κ3) is 1.66. The van der Waals surface area contributed by atoms with Crippen LogP contribution in [0, 0.1) is 5.33 Å². The predicted molar refractivity (Wildman–Crippen MR) is 41.6 cm³/mol. The number of hydrogen-bond donors (Lipinski definition) is 0. The van der Waals surface area contributed by atoms with E-state index in [9.17, 15) is 0 Å². The molecule has 9 heavy (non-hydrogen) atoms. The lowest BCUT2D eigenvalue weighted by molar-refractivity contribution is 1.30. The van der Waals surface area contributed by atoms with Gasteiger partial charge in [-0.2, -0.15) is 0 Å². The zero-order chi connectivity index (χ0) is 6.69. The lowest BCUT2D eigenvalue weighted by Crippen LogP contribution is -1.77. The first-order valence-corrected chi connectivity index (χ1v) is 3.67. The first kappa shape index (κ1) is 7.03. The Morgan fingerprint density at radius 3 is 2.89 bits per heavy atom. The molecule has 0 fully saturated rings. The van der Waals surface area contributed by atoms with Gasteiger partial charge in [0.15, 0.2) is 0 Å².